The molecular weight excluding hydrogens is 453 g/mol. The third kappa shape index (κ3) is 3.97. The van der Waals surface area contributed by atoms with Crippen molar-refractivity contribution in [2.75, 3.05) is 13.7 Å². The lowest BCUT2D eigenvalue weighted by Gasteiger charge is -2.56. The molecule has 1 aliphatic heterocycles. The van der Waals surface area contributed by atoms with Crippen LogP contribution in [0.4, 0.5) is 4.79 Å². The van der Waals surface area contributed by atoms with Crippen LogP contribution >= 0.6 is 23.2 Å². The molecular formula is C24H23Cl2NO5. The Kier molecular flexibility index (Phi) is 6.19. The van der Waals surface area contributed by atoms with Crippen molar-refractivity contribution < 1.29 is 23.9 Å². The van der Waals surface area contributed by atoms with Crippen molar-refractivity contribution >= 4 is 41.0 Å². The summed E-state index contributed by atoms with van der Waals surface area (Å²) in [5.41, 5.74) is 1.49. The summed E-state index contributed by atoms with van der Waals surface area (Å²) in [7, 11) is 1.32. The van der Waals surface area contributed by atoms with Crippen molar-refractivity contribution in [2.24, 2.45) is 5.41 Å². The van der Waals surface area contributed by atoms with Crippen LogP contribution in [0.15, 0.2) is 54.6 Å². The molecule has 1 heterocycles. The summed E-state index contributed by atoms with van der Waals surface area (Å²) in [6.45, 7) is 0.508. The molecule has 2 atom stereocenters. The molecule has 0 bridgehead atoms. The molecule has 1 amide bonds. The molecule has 1 saturated carbocycles. The number of Topliss-reactive ketones (excluding diaryl/α,β-unsaturated/α-hetero) is 1. The number of alkyl halides is 2. The maximum Gasteiger partial charge on any atom is 0.410 e. The van der Waals surface area contributed by atoms with Crippen LogP contribution in [0.5, 0.6) is 0 Å². The van der Waals surface area contributed by atoms with Crippen molar-refractivity contribution in [3.63, 3.8) is 0 Å². The van der Waals surface area contributed by atoms with E-state index >= 15 is 0 Å². The second-order valence-corrected chi connectivity index (χ2v) is 9.60. The quantitative estimate of drug-likeness (QED) is 0.455. The van der Waals surface area contributed by atoms with Crippen LogP contribution < -0.4 is 0 Å². The molecule has 0 aromatic heterocycles. The molecule has 6 nitrogen and oxygen atoms in total. The van der Waals surface area contributed by atoms with E-state index in [0.29, 0.717) is 24.9 Å². The van der Waals surface area contributed by atoms with E-state index in [2.05, 4.69) is 0 Å². The summed E-state index contributed by atoms with van der Waals surface area (Å²) in [5, 5.41) is 0. The zero-order chi connectivity index (χ0) is 22.9. The van der Waals surface area contributed by atoms with Crippen molar-refractivity contribution in [3.8, 4) is 0 Å². The zero-order valence-electron chi connectivity index (χ0n) is 17.6. The molecule has 2 fully saturated rings. The maximum atomic E-state index is 13.0. The van der Waals surface area contributed by atoms with Gasteiger partial charge in [-0.05, 0) is 36.1 Å². The lowest BCUT2D eigenvalue weighted by Crippen LogP contribution is -2.62. The smallest absolute Gasteiger partial charge is 0.410 e. The van der Waals surface area contributed by atoms with Gasteiger partial charge in [-0.15, -0.1) is 0 Å². The fourth-order valence-corrected chi connectivity index (χ4v) is 5.13. The molecule has 2 aromatic carbocycles. The number of hydrogen-bond donors (Lipinski definition) is 0. The predicted octanol–water partition coefficient (Wildman–Crippen LogP) is 5.08. The Bertz CT molecular complexity index is 1020. The number of methoxy groups -OCH3 is 1. The number of carbonyl (C=O) groups is 3. The predicted molar refractivity (Wildman–Crippen MR) is 120 cm³/mol. The molecule has 1 spiro atoms. The van der Waals surface area contributed by atoms with Gasteiger partial charge in [-0.1, -0.05) is 65.7 Å². The number of carbonyl (C=O) groups excluding carboxylic acids is 3. The van der Waals surface area contributed by atoms with Crippen LogP contribution in [-0.4, -0.2) is 40.7 Å². The van der Waals surface area contributed by atoms with Crippen LogP contribution in [-0.2, 0) is 20.9 Å². The number of halogens is 2. The summed E-state index contributed by atoms with van der Waals surface area (Å²) < 4.78 is 8.87. The van der Waals surface area contributed by atoms with E-state index in [1.54, 1.807) is 29.2 Å². The second kappa shape index (κ2) is 8.75. The average Bonchev–Trinajstić information content (AvgIpc) is 2.82. The van der Waals surface area contributed by atoms with E-state index in [1.807, 2.05) is 30.3 Å². The zero-order valence-corrected chi connectivity index (χ0v) is 19.1. The summed E-state index contributed by atoms with van der Waals surface area (Å²) in [5.74, 6) is -0.637. The van der Waals surface area contributed by atoms with E-state index in [-0.39, 0.29) is 18.8 Å². The summed E-state index contributed by atoms with van der Waals surface area (Å²) in [6.07, 6.45) is 0.752. The third-order valence-corrected chi connectivity index (χ3v) is 7.69. The minimum Gasteiger partial charge on any atom is -0.465 e. The van der Waals surface area contributed by atoms with Crippen LogP contribution in [0.25, 0.3) is 0 Å². The van der Waals surface area contributed by atoms with Gasteiger partial charge in [0.1, 0.15) is 6.61 Å². The maximum absolute atomic E-state index is 13.0. The topological polar surface area (TPSA) is 72.9 Å². The Balaban J connectivity index is 1.58. The van der Waals surface area contributed by atoms with Gasteiger partial charge < -0.3 is 14.4 Å². The molecule has 168 valence electrons. The largest absolute Gasteiger partial charge is 0.465 e. The Morgan fingerprint density at radius 2 is 1.78 bits per heavy atom. The molecule has 1 aliphatic carbocycles. The van der Waals surface area contributed by atoms with Gasteiger partial charge in [-0.25, -0.2) is 9.59 Å². The van der Waals surface area contributed by atoms with Crippen LogP contribution in [0.1, 0.15) is 46.8 Å². The van der Waals surface area contributed by atoms with Crippen molar-refractivity contribution in [2.45, 2.75) is 36.2 Å². The van der Waals surface area contributed by atoms with Gasteiger partial charge in [0.2, 0.25) is 0 Å². The number of ketones is 1. The molecule has 4 rings (SSSR count). The number of benzene rings is 2. The number of hydrogen-bond acceptors (Lipinski definition) is 5. The highest BCUT2D eigenvalue weighted by atomic mass is 35.5. The minimum absolute atomic E-state index is 0.156. The average molecular weight is 476 g/mol. The summed E-state index contributed by atoms with van der Waals surface area (Å²) in [4.78, 5) is 38.5. The standard InChI is InChI=1S/C24H23Cl2NO5/c1-31-21(29)18-9-7-17(8-10-18)19-13-23(14-20(28)24(23,25)26)11-12-27(19)22(30)32-15-16-5-3-2-4-6-16/h2-10,19H,11-15H2,1H3/t19-,23?/m0/s1. The van der Waals surface area contributed by atoms with Crippen LogP contribution in [0, 0.1) is 5.41 Å². The lowest BCUT2D eigenvalue weighted by molar-refractivity contribution is -0.139. The number of rotatable bonds is 4. The number of amides is 1. The van der Waals surface area contributed by atoms with E-state index in [0.717, 1.165) is 11.1 Å². The molecule has 1 unspecified atom stereocenters. The fourth-order valence-electron chi connectivity index (χ4n) is 4.51. The van der Waals surface area contributed by atoms with Gasteiger partial charge in [0.05, 0.1) is 18.7 Å². The van der Waals surface area contributed by atoms with Gasteiger partial charge in [-0.2, -0.15) is 0 Å². The highest BCUT2D eigenvalue weighted by molar-refractivity contribution is 6.61. The Labute approximate surface area is 196 Å². The lowest BCUT2D eigenvalue weighted by atomic mass is 9.59. The molecule has 32 heavy (non-hydrogen) atoms. The van der Waals surface area contributed by atoms with Gasteiger partial charge in [0.15, 0.2) is 10.1 Å². The van der Waals surface area contributed by atoms with Gasteiger partial charge >= 0.3 is 12.1 Å². The van der Waals surface area contributed by atoms with Gasteiger partial charge in [0.25, 0.3) is 0 Å². The summed E-state index contributed by atoms with van der Waals surface area (Å²) >= 11 is 12.8. The highest BCUT2D eigenvalue weighted by Gasteiger charge is 2.66. The van der Waals surface area contributed by atoms with Crippen molar-refractivity contribution in [1.82, 2.24) is 4.90 Å². The van der Waals surface area contributed by atoms with Crippen LogP contribution in [0.3, 0.4) is 0 Å². The van der Waals surface area contributed by atoms with Gasteiger partial charge in [0, 0.05) is 18.4 Å². The first-order valence-corrected chi connectivity index (χ1v) is 11.1. The Hall–Kier alpha value is -2.57. The monoisotopic (exact) mass is 475 g/mol. The van der Waals surface area contributed by atoms with E-state index in [9.17, 15) is 14.4 Å². The molecule has 2 aromatic rings. The number of esters is 1. The Morgan fingerprint density at radius 3 is 2.38 bits per heavy atom. The van der Waals surface area contributed by atoms with Crippen LogP contribution in [0.2, 0.25) is 0 Å². The fraction of sp³-hybridized carbons (Fsp3) is 0.375. The molecule has 8 heteroatoms. The molecule has 2 aliphatic rings. The number of piperidine rings is 1. The highest BCUT2D eigenvalue weighted by Crippen LogP contribution is 2.62. The van der Waals surface area contributed by atoms with Gasteiger partial charge in [-0.3, -0.25) is 4.79 Å². The summed E-state index contributed by atoms with van der Waals surface area (Å²) in [6, 6.07) is 15.9. The normalized spacial score (nSPS) is 24.0. The third-order valence-electron chi connectivity index (χ3n) is 6.46. The molecule has 0 radical (unpaired) electrons. The SMILES string of the molecule is COC(=O)c1ccc([C@@H]2CC3(CCN2C(=O)OCc2ccccc2)CC(=O)C3(Cl)Cl)cc1. The second-order valence-electron chi connectivity index (χ2n) is 8.27. The number of ether oxygens (including phenoxy) is 2. The number of nitrogens with zero attached hydrogens (tertiary/aromatic N) is 1. The molecule has 1 saturated heterocycles. The first-order valence-electron chi connectivity index (χ1n) is 10.3. The first kappa shape index (κ1) is 22.6. The molecule has 0 N–H and O–H groups in total. The van der Waals surface area contributed by atoms with Crippen molar-refractivity contribution in [3.05, 3.63) is 71.3 Å². The van der Waals surface area contributed by atoms with E-state index in [4.69, 9.17) is 32.7 Å². The minimum atomic E-state index is -1.46. The van der Waals surface area contributed by atoms with E-state index in [1.165, 1.54) is 7.11 Å². The number of likely N-dealkylation sites (tertiary alicyclic amines) is 1. The van der Waals surface area contributed by atoms with Crippen molar-refractivity contribution in [1.29, 1.82) is 0 Å². The van der Waals surface area contributed by atoms with E-state index < -0.39 is 27.9 Å². The first-order chi connectivity index (χ1) is 15.3. The Morgan fingerprint density at radius 1 is 1.09 bits per heavy atom.